The predicted octanol–water partition coefficient (Wildman–Crippen LogP) is 4.47. The van der Waals surface area contributed by atoms with Gasteiger partial charge in [-0.15, -0.1) is 0 Å². The van der Waals surface area contributed by atoms with Crippen LogP contribution in [0.15, 0.2) is 48.5 Å². The van der Waals surface area contributed by atoms with Crippen molar-refractivity contribution in [1.82, 2.24) is 10.2 Å². The third-order valence-corrected chi connectivity index (χ3v) is 5.75. The van der Waals surface area contributed by atoms with Gasteiger partial charge in [-0.25, -0.2) is 0 Å². The zero-order chi connectivity index (χ0) is 21.9. The molecule has 2 atom stereocenters. The number of rotatable bonds is 5. The summed E-state index contributed by atoms with van der Waals surface area (Å²) in [6.07, 6.45) is 1.86. The predicted molar refractivity (Wildman–Crippen MR) is 119 cm³/mol. The van der Waals surface area contributed by atoms with Gasteiger partial charge in [-0.05, 0) is 60.6 Å². The Labute approximate surface area is 179 Å². The van der Waals surface area contributed by atoms with Gasteiger partial charge in [0, 0.05) is 12.1 Å². The van der Waals surface area contributed by atoms with Crippen molar-refractivity contribution in [1.29, 1.82) is 0 Å². The van der Waals surface area contributed by atoms with E-state index in [-0.39, 0.29) is 23.3 Å². The Morgan fingerprint density at radius 2 is 1.83 bits per heavy atom. The molecule has 1 fully saturated rings. The molecule has 160 valence electrons. The molecule has 0 aliphatic carbocycles. The second-order valence-corrected chi connectivity index (χ2v) is 8.99. The van der Waals surface area contributed by atoms with Gasteiger partial charge in [0.1, 0.15) is 11.8 Å². The lowest BCUT2D eigenvalue weighted by atomic mass is 9.86. The van der Waals surface area contributed by atoms with Crippen LogP contribution in [-0.2, 0) is 10.2 Å². The van der Waals surface area contributed by atoms with Crippen LogP contribution in [0.1, 0.15) is 68.1 Å². The lowest BCUT2D eigenvalue weighted by molar-refractivity contribution is -0.133. The molecular formula is C25H32N2O3. The van der Waals surface area contributed by atoms with Gasteiger partial charge in [0.25, 0.3) is 5.91 Å². The Hall–Kier alpha value is -2.82. The van der Waals surface area contributed by atoms with E-state index in [2.05, 4.69) is 26.1 Å². The molecule has 1 heterocycles. The van der Waals surface area contributed by atoms with Crippen molar-refractivity contribution < 1.29 is 14.3 Å². The molecule has 0 spiro atoms. The van der Waals surface area contributed by atoms with Crippen molar-refractivity contribution in [3.8, 4) is 5.75 Å². The fourth-order valence-corrected chi connectivity index (χ4v) is 3.94. The van der Waals surface area contributed by atoms with Crippen molar-refractivity contribution >= 4 is 11.8 Å². The number of amides is 2. The monoisotopic (exact) mass is 408 g/mol. The molecule has 0 bridgehead atoms. The van der Waals surface area contributed by atoms with E-state index in [1.54, 1.807) is 14.0 Å². The highest BCUT2D eigenvalue weighted by atomic mass is 16.5. The molecule has 1 N–H and O–H groups in total. The normalized spacial score (nSPS) is 17.5. The van der Waals surface area contributed by atoms with E-state index in [1.807, 2.05) is 53.4 Å². The van der Waals surface area contributed by atoms with Crippen LogP contribution in [0.25, 0.3) is 0 Å². The lowest BCUT2D eigenvalue weighted by Gasteiger charge is -2.28. The Bertz CT molecular complexity index is 899. The van der Waals surface area contributed by atoms with Crippen molar-refractivity contribution in [3.05, 3.63) is 65.2 Å². The summed E-state index contributed by atoms with van der Waals surface area (Å²) in [6, 6.07) is 14.9. The Kier molecular flexibility index (Phi) is 6.49. The molecule has 2 unspecified atom stereocenters. The molecule has 30 heavy (non-hydrogen) atoms. The summed E-state index contributed by atoms with van der Waals surface area (Å²) in [5.41, 5.74) is 2.83. The summed E-state index contributed by atoms with van der Waals surface area (Å²) in [5, 5.41) is 2.87. The van der Waals surface area contributed by atoms with Crippen molar-refractivity contribution in [2.75, 3.05) is 13.7 Å². The van der Waals surface area contributed by atoms with Crippen molar-refractivity contribution in [2.24, 2.45) is 0 Å². The molecule has 2 amide bonds. The number of methoxy groups -OCH3 is 1. The van der Waals surface area contributed by atoms with E-state index < -0.39 is 6.04 Å². The molecule has 5 heteroatoms. The van der Waals surface area contributed by atoms with Crippen LogP contribution in [0.3, 0.4) is 0 Å². The van der Waals surface area contributed by atoms with Crippen molar-refractivity contribution in [2.45, 2.75) is 58.0 Å². The highest BCUT2D eigenvalue weighted by molar-refractivity contribution is 5.97. The van der Waals surface area contributed by atoms with Crippen LogP contribution in [0.2, 0.25) is 0 Å². The summed E-state index contributed by atoms with van der Waals surface area (Å²) in [5.74, 6) is 0.500. The number of nitrogens with zero attached hydrogens (tertiary/aromatic N) is 1. The largest absolute Gasteiger partial charge is 0.497 e. The first kappa shape index (κ1) is 21.9. The molecule has 0 radical (unpaired) electrons. The summed E-state index contributed by atoms with van der Waals surface area (Å²) < 4.78 is 5.33. The smallest absolute Gasteiger partial charge is 0.251 e. The molecule has 2 aromatic rings. The van der Waals surface area contributed by atoms with Gasteiger partial charge in [-0.2, -0.15) is 0 Å². The first-order chi connectivity index (χ1) is 14.2. The second-order valence-electron chi connectivity index (χ2n) is 8.99. The quantitative estimate of drug-likeness (QED) is 0.794. The SMILES string of the molecule is COc1cccc(C2CCCN2C(=O)C(C)NC(=O)c2ccc(C(C)(C)C)cc2)c1. The number of ether oxygens (including phenoxy) is 1. The van der Waals surface area contributed by atoms with Crippen LogP contribution in [0.4, 0.5) is 0 Å². The summed E-state index contributed by atoms with van der Waals surface area (Å²) in [6.45, 7) is 8.86. The number of nitrogens with one attached hydrogen (secondary N) is 1. The summed E-state index contributed by atoms with van der Waals surface area (Å²) in [4.78, 5) is 27.7. The Balaban J connectivity index is 1.67. The van der Waals surface area contributed by atoms with E-state index >= 15 is 0 Å². The van der Waals surface area contributed by atoms with Gasteiger partial charge in [-0.3, -0.25) is 9.59 Å². The van der Waals surface area contributed by atoms with E-state index in [1.165, 1.54) is 5.56 Å². The van der Waals surface area contributed by atoms with Gasteiger partial charge in [-0.1, -0.05) is 45.0 Å². The van der Waals surface area contributed by atoms with E-state index in [9.17, 15) is 9.59 Å². The Morgan fingerprint density at radius 1 is 1.13 bits per heavy atom. The standard InChI is InChI=1S/C25H32N2O3/c1-17(26-23(28)18-11-13-20(14-12-18)25(2,3)4)24(29)27-15-7-10-22(27)19-8-6-9-21(16-19)30-5/h6,8-9,11-14,16-17,22H,7,10,15H2,1-5H3,(H,26,28). The van der Waals surface area contributed by atoms with Gasteiger partial charge in [0.2, 0.25) is 5.91 Å². The van der Waals surface area contributed by atoms with E-state index in [4.69, 9.17) is 4.74 Å². The minimum atomic E-state index is -0.592. The van der Waals surface area contributed by atoms with Crippen LogP contribution in [-0.4, -0.2) is 36.4 Å². The maximum Gasteiger partial charge on any atom is 0.251 e. The molecule has 2 aromatic carbocycles. The van der Waals surface area contributed by atoms with Crippen LogP contribution < -0.4 is 10.1 Å². The zero-order valence-electron chi connectivity index (χ0n) is 18.6. The fourth-order valence-electron chi connectivity index (χ4n) is 3.94. The molecule has 1 saturated heterocycles. The minimum absolute atomic E-state index is 0.0121. The third-order valence-electron chi connectivity index (χ3n) is 5.75. The zero-order valence-corrected chi connectivity index (χ0v) is 18.6. The number of carbonyl (C=O) groups excluding carboxylic acids is 2. The van der Waals surface area contributed by atoms with Crippen LogP contribution >= 0.6 is 0 Å². The van der Waals surface area contributed by atoms with Crippen molar-refractivity contribution in [3.63, 3.8) is 0 Å². The maximum absolute atomic E-state index is 13.1. The van der Waals surface area contributed by atoms with Gasteiger partial charge < -0.3 is 15.0 Å². The molecule has 0 saturated carbocycles. The molecule has 3 rings (SSSR count). The number of hydrogen-bond donors (Lipinski definition) is 1. The van der Waals surface area contributed by atoms with E-state index in [0.717, 1.165) is 24.2 Å². The fraction of sp³-hybridized carbons (Fsp3) is 0.440. The lowest BCUT2D eigenvalue weighted by Crippen LogP contribution is -2.46. The average molecular weight is 409 g/mol. The maximum atomic E-state index is 13.1. The second kappa shape index (κ2) is 8.90. The third kappa shape index (κ3) is 4.84. The van der Waals surface area contributed by atoms with Gasteiger partial charge in [0.05, 0.1) is 13.2 Å². The van der Waals surface area contributed by atoms with E-state index in [0.29, 0.717) is 12.1 Å². The minimum Gasteiger partial charge on any atom is -0.497 e. The highest BCUT2D eigenvalue weighted by Crippen LogP contribution is 2.33. The number of benzene rings is 2. The van der Waals surface area contributed by atoms with Gasteiger partial charge >= 0.3 is 0 Å². The van der Waals surface area contributed by atoms with Gasteiger partial charge in [0.15, 0.2) is 0 Å². The van der Waals surface area contributed by atoms with Crippen LogP contribution in [0, 0.1) is 0 Å². The Morgan fingerprint density at radius 3 is 2.47 bits per heavy atom. The first-order valence-electron chi connectivity index (χ1n) is 10.6. The molecular weight excluding hydrogens is 376 g/mol. The topological polar surface area (TPSA) is 58.6 Å². The summed E-state index contributed by atoms with van der Waals surface area (Å²) in [7, 11) is 1.64. The molecule has 0 aromatic heterocycles. The highest BCUT2D eigenvalue weighted by Gasteiger charge is 2.33. The number of carbonyl (C=O) groups is 2. The molecule has 5 nitrogen and oxygen atoms in total. The molecule has 1 aliphatic heterocycles. The average Bonchev–Trinajstić information content (AvgIpc) is 3.22. The number of likely N-dealkylation sites (tertiary alicyclic amines) is 1. The number of hydrogen-bond acceptors (Lipinski definition) is 3. The summed E-state index contributed by atoms with van der Waals surface area (Å²) >= 11 is 0. The first-order valence-corrected chi connectivity index (χ1v) is 10.6. The van der Waals surface area contributed by atoms with Crippen LogP contribution in [0.5, 0.6) is 5.75 Å². The molecule has 1 aliphatic rings.